The Morgan fingerprint density at radius 2 is 0.914 bits per heavy atom. The molecule has 0 fully saturated rings. The largest absolute Gasteiger partial charge is 0.226 e. The maximum Gasteiger partial charge on any atom is 0.226 e. The molecule has 166 valence electrons. The highest BCUT2D eigenvalue weighted by Gasteiger charge is 2.12. The first-order chi connectivity index (χ1) is 17.2. The minimum absolute atomic E-state index is 0.179. The van der Waals surface area contributed by atoms with Crippen LogP contribution >= 0.6 is 11.6 Å². The topological polar surface area (TPSA) is 38.7 Å². The van der Waals surface area contributed by atoms with Crippen molar-refractivity contribution < 1.29 is 0 Å². The molecule has 1 heterocycles. The lowest BCUT2D eigenvalue weighted by Gasteiger charge is -2.09. The van der Waals surface area contributed by atoms with Gasteiger partial charge in [-0.25, -0.2) is 4.98 Å². The number of fused-ring (bicyclic) bond motifs is 1. The summed E-state index contributed by atoms with van der Waals surface area (Å²) in [7, 11) is 0. The van der Waals surface area contributed by atoms with Gasteiger partial charge in [0.25, 0.3) is 0 Å². The van der Waals surface area contributed by atoms with Gasteiger partial charge >= 0.3 is 0 Å². The average molecular weight is 470 g/mol. The molecular formula is C31H20ClN3. The van der Waals surface area contributed by atoms with Crippen molar-refractivity contribution in [1.82, 2.24) is 15.0 Å². The van der Waals surface area contributed by atoms with Crippen molar-refractivity contribution >= 4 is 22.4 Å². The van der Waals surface area contributed by atoms with Crippen LogP contribution in [0.25, 0.3) is 55.8 Å². The molecule has 3 nitrogen and oxygen atoms in total. The van der Waals surface area contributed by atoms with Gasteiger partial charge in [-0.3, -0.25) is 0 Å². The van der Waals surface area contributed by atoms with Gasteiger partial charge in [-0.1, -0.05) is 121 Å². The van der Waals surface area contributed by atoms with Crippen molar-refractivity contribution in [2.45, 2.75) is 0 Å². The fourth-order valence-corrected chi connectivity index (χ4v) is 4.48. The Balaban J connectivity index is 1.32. The minimum atomic E-state index is 0.179. The number of rotatable bonds is 4. The maximum absolute atomic E-state index is 6.33. The second-order valence-electron chi connectivity index (χ2n) is 8.30. The molecule has 0 saturated carbocycles. The Morgan fingerprint density at radius 1 is 0.400 bits per heavy atom. The predicted molar refractivity (Wildman–Crippen MR) is 144 cm³/mol. The molecule has 6 rings (SSSR count). The van der Waals surface area contributed by atoms with E-state index in [1.54, 1.807) is 0 Å². The molecule has 35 heavy (non-hydrogen) atoms. The minimum Gasteiger partial charge on any atom is -0.208 e. The molecule has 0 aliphatic carbocycles. The zero-order valence-electron chi connectivity index (χ0n) is 18.8. The van der Waals surface area contributed by atoms with Gasteiger partial charge in [0.05, 0.1) is 0 Å². The van der Waals surface area contributed by atoms with E-state index in [1.807, 2.05) is 42.5 Å². The fraction of sp³-hybridized carbons (Fsp3) is 0. The highest BCUT2D eigenvalue weighted by molar-refractivity contribution is 6.28. The highest BCUT2D eigenvalue weighted by Crippen LogP contribution is 2.30. The van der Waals surface area contributed by atoms with Crippen molar-refractivity contribution in [3.05, 3.63) is 127 Å². The molecule has 4 heteroatoms. The van der Waals surface area contributed by atoms with Gasteiger partial charge in [0, 0.05) is 11.1 Å². The number of halogens is 1. The van der Waals surface area contributed by atoms with Gasteiger partial charge in [0.15, 0.2) is 11.6 Å². The van der Waals surface area contributed by atoms with Crippen LogP contribution < -0.4 is 0 Å². The molecule has 0 atom stereocenters. The SMILES string of the molecule is Clc1nc(-c2ccc(-c3ccc(-c4ccccc4)cc3)cc2)nc(-c2cccc3ccccc23)n1. The van der Waals surface area contributed by atoms with Crippen molar-refractivity contribution in [2.75, 3.05) is 0 Å². The van der Waals surface area contributed by atoms with Crippen LogP contribution in [0.15, 0.2) is 121 Å². The Hall–Kier alpha value is -4.34. The summed E-state index contributed by atoms with van der Waals surface area (Å²) in [6, 6.07) is 41.5. The summed E-state index contributed by atoms with van der Waals surface area (Å²) < 4.78 is 0. The van der Waals surface area contributed by atoms with E-state index >= 15 is 0 Å². The Kier molecular flexibility index (Phi) is 5.53. The van der Waals surface area contributed by atoms with Crippen molar-refractivity contribution in [2.24, 2.45) is 0 Å². The first-order valence-corrected chi connectivity index (χ1v) is 11.8. The summed E-state index contributed by atoms with van der Waals surface area (Å²) in [4.78, 5) is 13.6. The molecule has 1 aromatic heterocycles. The first-order valence-electron chi connectivity index (χ1n) is 11.4. The molecule has 0 aliphatic rings. The number of hydrogen-bond acceptors (Lipinski definition) is 3. The van der Waals surface area contributed by atoms with E-state index < -0.39 is 0 Å². The maximum atomic E-state index is 6.33. The number of aromatic nitrogens is 3. The van der Waals surface area contributed by atoms with Crippen LogP contribution in [0, 0.1) is 0 Å². The van der Waals surface area contributed by atoms with E-state index in [-0.39, 0.29) is 5.28 Å². The molecule has 0 saturated heterocycles. The van der Waals surface area contributed by atoms with E-state index in [4.69, 9.17) is 16.6 Å². The molecule has 0 radical (unpaired) electrons. The van der Waals surface area contributed by atoms with Crippen molar-refractivity contribution in [1.29, 1.82) is 0 Å². The molecule has 0 amide bonds. The molecule has 6 aromatic rings. The van der Waals surface area contributed by atoms with E-state index in [2.05, 4.69) is 88.8 Å². The zero-order valence-corrected chi connectivity index (χ0v) is 19.5. The van der Waals surface area contributed by atoms with Gasteiger partial charge in [-0.2, -0.15) is 9.97 Å². The Bertz CT molecular complexity index is 1620. The predicted octanol–water partition coefficient (Wildman–Crippen LogP) is 8.35. The number of nitrogens with zero attached hydrogens (tertiary/aromatic N) is 3. The monoisotopic (exact) mass is 469 g/mol. The molecule has 0 bridgehead atoms. The molecule has 0 spiro atoms. The summed E-state index contributed by atoms with van der Waals surface area (Å²) >= 11 is 6.33. The molecular weight excluding hydrogens is 450 g/mol. The van der Waals surface area contributed by atoms with E-state index in [0.717, 1.165) is 33.0 Å². The molecule has 0 aliphatic heterocycles. The van der Waals surface area contributed by atoms with Gasteiger partial charge in [0.1, 0.15) is 0 Å². The Morgan fingerprint density at radius 3 is 1.60 bits per heavy atom. The van der Waals surface area contributed by atoms with Gasteiger partial charge in [0.2, 0.25) is 5.28 Å². The average Bonchev–Trinajstić information content (AvgIpc) is 2.93. The third-order valence-electron chi connectivity index (χ3n) is 6.11. The van der Waals surface area contributed by atoms with Crippen LogP contribution in [0.4, 0.5) is 0 Å². The van der Waals surface area contributed by atoms with Crippen molar-refractivity contribution in [3.63, 3.8) is 0 Å². The number of benzene rings is 5. The van der Waals surface area contributed by atoms with Crippen LogP contribution in [0.1, 0.15) is 0 Å². The van der Waals surface area contributed by atoms with Crippen LogP contribution in [-0.2, 0) is 0 Å². The summed E-state index contributed by atoms with van der Waals surface area (Å²) in [5, 5.41) is 2.39. The lowest BCUT2D eigenvalue weighted by molar-refractivity contribution is 1.07. The van der Waals surface area contributed by atoms with Crippen LogP contribution in [0.5, 0.6) is 0 Å². The van der Waals surface area contributed by atoms with Gasteiger partial charge in [-0.05, 0) is 44.6 Å². The third-order valence-corrected chi connectivity index (χ3v) is 6.28. The first kappa shape index (κ1) is 21.2. The zero-order chi connectivity index (χ0) is 23.6. The van der Waals surface area contributed by atoms with Crippen LogP contribution in [0.3, 0.4) is 0 Å². The molecule has 5 aromatic carbocycles. The van der Waals surface area contributed by atoms with E-state index in [9.17, 15) is 0 Å². The number of hydrogen-bond donors (Lipinski definition) is 0. The standard InChI is InChI=1S/C31H20ClN3/c32-31-34-29(33-30(35-31)28-12-6-10-25-9-4-5-11-27(25)28)26-19-17-24(18-20-26)23-15-13-22(14-16-23)21-7-2-1-3-8-21/h1-20H. The van der Waals surface area contributed by atoms with Crippen molar-refractivity contribution in [3.8, 4) is 45.0 Å². The van der Waals surface area contributed by atoms with Gasteiger partial charge in [-0.15, -0.1) is 0 Å². The lowest BCUT2D eigenvalue weighted by Crippen LogP contribution is -1.97. The molecule has 0 unspecified atom stereocenters. The van der Waals surface area contributed by atoms with E-state index in [1.165, 1.54) is 11.1 Å². The second kappa shape index (κ2) is 9.13. The summed E-state index contributed by atoms with van der Waals surface area (Å²) in [5.41, 5.74) is 6.52. The normalized spacial score (nSPS) is 11.0. The lowest BCUT2D eigenvalue weighted by atomic mass is 9.99. The van der Waals surface area contributed by atoms with E-state index in [0.29, 0.717) is 11.6 Å². The summed E-state index contributed by atoms with van der Waals surface area (Å²) in [6.45, 7) is 0. The molecule has 0 N–H and O–H groups in total. The third kappa shape index (κ3) is 4.30. The highest BCUT2D eigenvalue weighted by atomic mass is 35.5. The summed E-state index contributed by atoms with van der Waals surface area (Å²) in [6.07, 6.45) is 0. The quantitative estimate of drug-likeness (QED) is 0.260. The van der Waals surface area contributed by atoms with Gasteiger partial charge < -0.3 is 0 Å². The smallest absolute Gasteiger partial charge is 0.208 e. The van der Waals surface area contributed by atoms with Crippen LogP contribution in [-0.4, -0.2) is 15.0 Å². The Labute approximate surface area is 208 Å². The fourth-order valence-electron chi connectivity index (χ4n) is 4.32. The van der Waals surface area contributed by atoms with Crippen LogP contribution in [0.2, 0.25) is 5.28 Å². The summed E-state index contributed by atoms with van der Waals surface area (Å²) in [5.74, 6) is 1.12. The second-order valence-corrected chi connectivity index (χ2v) is 8.64.